The van der Waals surface area contributed by atoms with E-state index in [0.29, 0.717) is 0 Å². The molecule has 0 unspecified atom stereocenters. The number of fused-ring (bicyclic) bond motifs is 10. The van der Waals surface area contributed by atoms with Gasteiger partial charge in [0.05, 0.1) is 5.69 Å². The van der Waals surface area contributed by atoms with Gasteiger partial charge in [0.1, 0.15) is 8.07 Å². The van der Waals surface area contributed by atoms with Gasteiger partial charge in [-0.05, 0) is 202 Å². The molecule has 5 aliphatic heterocycles. The minimum atomic E-state index is -2.51. The minimum absolute atomic E-state index is 0.204. The van der Waals surface area contributed by atoms with Crippen LogP contribution in [0.15, 0.2) is 376 Å². The summed E-state index contributed by atoms with van der Waals surface area (Å²) < 4.78 is 0. The van der Waals surface area contributed by atoms with E-state index in [-0.39, 0.29) is 13.4 Å². The molecule has 14 aromatic rings. The van der Waals surface area contributed by atoms with Crippen molar-refractivity contribution in [3.63, 3.8) is 0 Å². The molecule has 0 fully saturated rings. The average Bonchev–Trinajstić information content (AvgIpc) is 0.701. The lowest BCUT2D eigenvalue weighted by molar-refractivity contribution is 1.15. The SMILES string of the molecule is C=C/C=C\C=C(/C)N(c1ccccc1)c1cc2c3c(c1)N(c1ccccc1)c1cc4c(cc1B3c1cc3c(cc1N2c1ccccc1)N(c1ccccc1)c1cc(N(c2ccccc2)c2ccccc2)cc2c1B3c1ccccc1N2c1ccccc1)[Si](C)(C)c1ccccc1N4c1ccccc1. The number of hydrogen-bond donors (Lipinski definition) is 0. The number of anilines is 20. The Kier molecular flexibility index (Phi) is 14.8. The molecule has 19 rings (SSSR count). The normalized spacial score (nSPS) is 14.0. The van der Waals surface area contributed by atoms with Crippen LogP contribution in [-0.2, 0) is 0 Å². The fraction of sp³-hybridized carbons (Fsp3) is 0.0323. The number of benzene rings is 14. The quantitative estimate of drug-likeness (QED) is 0.0837. The van der Waals surface area contributed by atoms with Crippen molar-refractivity contribution in [2.45, 2.75) is 20.0 Å². The maximum absolute atomic E-state index is 4.07. The molecule has 0 atom stereocenters. The van der Waals surface area contributed by atoms with Gasteiger partial charge in [-0.25, -0.2) is 0 Å². The van der Waals surface area contributed by atoms with Crippen molar-refractivity contribution >= 4 is 178 Å². The van der Waals surface area contributed by atoms with Crippen LogP contribution in [0.2, 0.25) is 13.1 Å². The predicted octanol–water partition coefficient (Wildman–Crippen LogP) is 19.7. The summed E-state index contributed by atoms with van der Waals surface area (Å²) in [5.41, 5.74) is 30.7. The fourth-order valence-corrected chi connectivity index (χ4v) is 20.2. The molecule has 0 saturated carbocycles. The Hall–Kier alpha value is -12.8. The third-order valence-electron chi connectivity index (χ3n) is 21.5. The van der Waals surface area contributed by atoms with E-state index in [9.17, 15) is 0 Å². The van der Waals surface area contributed by atoms with Crippen LogP contribution in [0.4, 0.5) is 114 Å². The highest BCUT2D eigenvalue weighted by molar-refractivity contribution is 7.05. The summed E-state index contributed by atoms with van der Waals surface area (Å²) in [6.07, 6.45) is 8.14. The number of para-hydroxylation sites is 10. The van der Waals surface area contributed by atoms with Crippen molar-refractivity contribution < 1.29 is 0 Å². The minimum Gasteiger partial charge on any atom is -0.314 e. The number of nitrogens with zero attached hydrogens (tertiary/aromatic N) is 7. The molecule has 10 heteroatoms. The summed E-state index contributed by atoms with van der Waals surface area (Å²) in [4.78, 5) is 17.7. The molecule has 0 spiro atoms. The Bertz CT molecular complexity index is 5650. The summed E-state index contributed by atoms with van der Waals surface area (Å²) in [5.74, 6) is 0. The van der Waals surface area contributed by atoms with Gasteiger partial charge < -0.3 is 34.3 Å². The van der Waals surface area contributed by atoms with Crippen LogP contribution in [-0.4, -0.2) is 21.5 Å². The van der Waals surface area contributed by atoms with Gasteiger partial charge in [-0.1, -0.05) is 232 Å². The lowest BCUT2D eigenvalue weighted by Gasteiger charge is -2.48. The van der Waals surface area contributed by atoms with Gasteiger partial charge in [0, 0.05) is 114 Å². The summed E-state index contributed by atoms with van der Waals surface area (Å²) in [7, 11) is -2.51. The standard InChI is InChI=1S/C93H71B2N7Si/c1-5-6-15-36-65(2)96(66-37-16-7-17-38-66)74-57-87-93-88(58-74)102(73-51-30-14-31-52-73)84-64-85-91(103(3,4)90-56-35-34-55-81(90)99(85)70-45-24-11-25-46-70)62-79(84)95(93)78-61-77-82(63-83(78)101(87)72-49-28-13-29-50-72)100(71-47-26-12-27-48-71)89-60-75(97(67-39-18-8-19-40-67)68-41-20-9-21-42-68)59-86-92(89)94(77)76-53-32-33-54-80(76)98(86)69-43-22-10-23-44-69/h5-64H,1H2,2-4H3/b15-6-,65-36+. The molecule has 0 aliphatic carbocycles. The van der Waals surface area contributed by atoms with Gasteiger partial charge in [-0.2, -0.15) is 0 Å². The number of allylic oxidation sites excluding steroid dienone is 5. The lowest BCUT2D eigenvalue weighted by Crippen LogP contribution is -2.66. The van der Waals surface area contributed by atoms with Crippen molar-refractivity contribution in [1.82, 2.24) is 0 Å². The van der Waals surface area contributed by atoms with Gasteiger partial charge in [-0.3, -0.25) is 0 Å². The zero-order valence-corrected chi connectivity index (χ0v) is 58.6. The van der Waals surface area contributed by atoms with Crippen LogP contribution in [0, 0.1) is 0 Å². The molecule has 0 amide bonds. The summed E-state index contributed by atoms with van der Waals surface area (Å²) in [6.45, 7) is 11.0. The van der Waals surface area contributed by atoms with E-state index in [1.54, 1.807) is 0 Å². The van der Waals surface area contributed by atoms with Crippen molar-refractivity contribution in [3.05, 3.63) is 376 Å². The molecule has 7 nitrogen and oxygen atoms in total. The van der Waals surface area contributed by atoms with Crippen molar-refractivity contribution in [2.24, 2.45) is 0 Å². The molecule has 0 saturated heterocycles. The second-order valence-electron chi connectivity index (χ2n) is 27.7. The lowest BCUT2D eigenvalue weighted by atomic mass is 9.30. The molecular formula is C93H71B2N7Si. The molecule has 0 bridgehead atoms. The largest absolute Gasteiger partial charge is 0.314 e. The molecule has 0 aromatic heterocycles. The highest BCUT2D eigenvalue weighted by Crippen LogP contribution is 2.53. The highest BCUT2D eigenvalue weighted by atomic mass is 28.3. The fourth-order valence-electron chi connectivity index (χ4n) is 17.2. The molecule has 5 aliphatic rings. The van der Waals surface area contributed by atoms with Crippen molar-refractivity contribution in [3.8, 4) is 0 Å². The van der Waals surface area contributed by atoms with Crippen LogP contribution < -0.4 is 77.4 Å². The van der Waals surface area contributed by atoms with Crippen molar-refractivity contribution in [2.75, 3.05) is 34.3 Å². The van der Waals surface area contributed by atoms with Gasteiger partial charge in [0.2, 0.25) is 0 Å². The Morgan fingerprint density at radius 1 is 0.301 bits per heavy atom. The zero-order valence-electron chi connectivity index (χ0n) is 57.6. The third kappa shape index (κ3) is 9.88. The van der Waals surface area contributed by atoms with Gasteiger partial charge in [-0.15, -0.1) is 0 Å². The zero-order chi connectivity index (χ0) is 68.9. The monoisotopic (exact) mass is 1340 g/mol. The first-order valence-corrected chi connectivity index (χ1v) is 38.7. The van der Waals surface area contributed by atoms with E-state index >= 15 is 0 Å². The van der Waals surface area contributed by atoms with Gasteiger partial charge in [0.15, 0.2) is 0 Å². The molecule has 488 valence electrons. The molecule has 0 N–H and O–H groups in total. The third-order valence-corrected chi connectivity index (χ3v) is 25.1. The Balaban J connectivity index is 0.961. The van der Waals surface area contributed by atoms with E-state index in [4.69, 9.17) is 0 Å². The van der Waals surface area contributed by atoms with Crippen LogP contribution >= 0.6 is 0 Å². The maximum atomic E-state index is 4.07. The second-order valence-corrected chi connectivity index (χ2v) is 32.0. The molecule has 0 radical (unpaired) electrons. The number of hydrogen-bond acceptors (Lipinski definition) is 7. The van der Waals surface area contributed by atoms with E-state index in [0.717, 1.165) is 108 Å². The maximum Gasteiger partial charge on any atom is 0.252 e. The molecule has 103 heavy (non-hydrogen) atoms. The Morgan fingerprint density at radius 2 is 0.650 bits per heavy atom. The van der Waals surface area contributed by atoms with Gasteiger partial charge >= 0.3 is 0 Å². The Labute approximate surface area is 605 Å². The highest BCUT2D eigenvalue weighted by Gasteiger charge is 2.51. The first-order valence-electron chi connectivity index (χ1n) is 35.7. The Morgan fingerprint density at radius 3 is 1.11 bits per heavy atom. The predicted molar refractivity (Wildman–Crippen MR) is 442 cm³/mol. The smallest absolute Gasteiger partial charge is 0.252 e. The molecule has 14 aromatic carbocycles. The van der Waals surface area contributed by atoms with E-state index in [1.165, 1.54) is 54.5 Å². The first-order chi connectivity index (χ1) is 50.8. The van der Waals surface area contributed by atoms with Crippen molar-refractivity contribution in [1.29, 1.82) is 0 Å². The topological polar surface area (TPSA) is 22.7 Å². The van der Waals surface area contributed by atoms with Gasteiger partial charge in [0.25, 0.3) is 13.4 Å². The van der Waals surface area contributed by atoms with E-state index in [1.807, 2.05) is 12.2 Å². The van der Waals surface area contributed by atoms with E-state index < -0.39 is 8.07 Å². The summed E-state index contributed by atoms with van der Waals surface area (Å²) in [6, 6.07) is 127. The van der Waals surface area contributed by atoms with Crippen LogP contribution in [0.3, 0.4) is 0 Å². The first kappa shape index (κ1) is 61.3. The molecule has 5 heterocycles. The van der Waals surface area contributed by atoms with Crippen LogP contribution in [0.1, 0.15) is 6.92 Å². The summed E-state index contributed by atoms with van der Waals surface area (Å²) in [5, 5.41) is 2.83. The summed E-state index contributed by atoms with van der Waals surface area (Å²) >= 11 is 0. The number of rotatable bonds is 13. The average molecular weight is 1340 g/mol. The molecular weight excluding hydrogens is 1260 g/mol. The van der Waals surface area contributed by atoms with Crippen LogP contribution in [0.5, 0.6) is 0 Å². The van der Waals surface area contributed by atoms with E-state index in [2.05, 4.69) is 413 Å². The second kappa shape index (κ2) is 24.8. The van der Waals surface area contributed by atoms with Crippen LogP contribution in [0.25, 0.3) is 0 Å².